The van der Waals surface area contributed by atoms with E-state index in [0.717, 1.165) is 22.3 Å². The van der Waals surface area contributed by atoms with Gasteiger partial charge in [0.05, 0.1) is 6.04 Å². The van der Waals surface area contributed by atoms with Crippen LogP contribution in [0.15, 0.2) is 48.5 Å². The van der Waals surface area contributed by atoms with E-state index in [1.807, 2.05) is 48.5 Å². The van der Waals surface area contributed by atoms with Gasteiger partial charge in [0.2, 0.25) is 0 Å². The number of Topliss-reactive ketones (excluding diaryl/α,β-unsaturated/α-hetero) is 1. The minimum atomic E-state index is -1.39. The fourth-order valence-corrected chi connectivity index (χ4v) is 3.27. The van der Waals surface area contributed by atoms with Crippen LogP contribution in [0.5, 0.6) is 0 Å². The van der Waals surface area contributed by atoms with Crippen LogP contribution in [0.25, 0.3) is 0 Å². The maximum Gasteiger partial charge on any atom is 0.408 e. The number of benzene rings is 2. The van der Waals surface area contributed by atoms with E-state index in [1.165, 1.54) is 6.92 Å². The van der Waals surface area contributed by atoms with Crippen molar-refractivity contribution in [2.75, 3.05) is 0 Å². The first-order valence-corrected chi connectivity index (χ1v) is 14.5. The Kier molecular flexibility index (Phi) is 8.68. The van der Waals surface area contributed by atoms with Crippen molar-refractivity contribution in [2.24, 2.45) is 0 Å². The molecule has 4 nitrogen and oxygen atoms in total. The first kappa shape index (κ1) is 26.0. The molecular weight excluding hydrogens is 426 g/mol. The number of hydrogen-bond donors (Lipinski definition) is 1. The SMILES string of the molecule is CC(=O)C(Cc1ccc(C#Cc2ccc(C#C[Si](C)(C)C)cc2)cc1)NC(=O)OC(C)(C)C. The first-order chi connectivity index (χ1) is 15.3. The summed E-state index contributed by atoms with van der Waals surface area (Å²) in [5.74, 6) is 9.45. The summed E-state index contributed by atoms with van der Waals surface area (Å²) in [6.07, 6.45) is -0.204. The molecule has 172 valence electrons. The van der Waals surface area contributed by atoms with Crippen LogP contribution in [0.1, 0.15) is 49.9 Å². The highest BCUT2D eigenvalue weighted by Gasteiger charge is 2.22. The van der Waals surface area contributed by atoms with Crippen LogP contribution >= 0.6 is 0 Å². The molecule has 0 fully saturated rings. The van der Waals surface area contributed by atoms with Crippen LogP contribution in [-0.2, 0) is 16.0 Å². The lowest BCUT2D eigenvalue weighted by Gasteiger charge is -2.22. The van der Waals surface area contributed by atoms with Crippen molar-refractivity contribution in [1.29, 1.82) is 0 Å². The molecule has 1 N–H and O–H groups in total. The molecule has 0 spiro atoms. The molecule has 0 aliphatic carbocycles. The lowest BCUT2D eigenvalue weighted by molar-refractivity contribution is -0.119. The lowest BCUT2D eigenvalue weighted by Crippen LogP contribution is -2.43. The molecule has 1 unspecified atom stereocenters. The molecular formula is C28H33NO3Si. The van der Waals surface area contributed by atoms with Crippen LogP contribution in [0.4, 0.5) is 4.79 Å². The first-order valence-electron chi connectivity index (χ1n) is 11.0. The van der Waals surface area contributed by atoms with Gasteiger partial charge in [-0.15, -0.1) is 5.54 Å². The average Bonchev–Trinajstić information content (AvgIpc) is 2.70. The summed E-state index contributed by atoms with van der Waals surface area (Å²) in [5, 5.41) is 2.66. The summed E-state index contributed by atoms with van der Waals surface area (Å²) >= 11 is 0. The van der Waals surface area contributed by atoms with Gasteiger partial charge in [-0.05, 0) is 76.1 Å². The Labute approximate surface area is 199 Å². The molecule has 0 bridgehead atoms. The molecule has 1 amide bonds. The molecule has 5 heteroatoms. The second-order valence-corrected chi connectivity index (χ2v) is 14.8. The van der Waals surface area contributed by atoms with E-state index in [0.29, 0.717) is 6.42 Å². The minimum Gasteiger partial charge on any atom is -0.444 e. The standard InChI is InChI=1S/C28H33NO3Si/c1-21(30)26(29-27(31)32-28(2,3)4)20-25-16-14-23(15-17-25)9-8-22-10-12-24(13-11-22)18-19-33(5,6)7/h10-17,26H,20H2,1-7H3,(H,29,31). The number of hydrogen-bond acceptors (Lipinski definition) is 3. The average molecular weight is 460 g/mol. The molecule has 0 radical (unpaired) electrons. The normalized spacial score (nSPS) is 11.8. The highest BCUT2D eigenvalue weighted by molar-refractivity contribution is 6.83. The Morgan fingerprint density at radius 2 is 1.33 bits per heavy atom. The van der Waals surface area contributed by atoms with Gasteiger partial charge in [-0.25, -0.2) is 4.79 Å². The van der Waals surface area contributed by atoms with Crippen molar-refractivity contribution in [1.82, 2.24) is 5.32 Å². The minimum absolute atomic E-state index is 0.122. The topological polar surface area (TPSA) is 55.4 Å². The number of rotatable bonds is 4. The van der Waals surface area contributed by atoms with Gasteiger partial charge in [0.25, 0.3) is 0 Å². The third-order valence-electron chi connectivity index (χ3n) is 4.39. The van der Waals surface area contributed by atoms with E-state index in [-0.39, 0.29) is 5.78 Å². The highest BCUT2D eigenvalue weighted by Crippen LogP contribution is 2.11. The van der Waals surface area contributed by atoms with Crippen LogP contribution in [0, 0.1) is 23.3 Å². The molecule has 0 saturated heterocycles. The number of nitrogens with one attached hydrogen (secondary N) is 1. The largest absolute Gasteiger partial charge is 0.444 e. The molecule has 33 heavy (non-hydrogen) atoms. The van der Waals surface area contributed by atoms with E-state index in [9.17, 15) is 9.59 Å². The molecule has 2 rings (SSSR count). The monoisotopic (exact) mass is 459 g/mol. The predicted octanol–water partition coefficient (Wildman–Crippen LogP) is 5.34. The Bertz CT molecular complexity index is 1100. The molecule has 1 atom stereocenters. The summed E-state index contributed by atoms with van der Waals surface area (Å²) in [4.78, 5) is 24.0. The van der Waals surface area contributed by atoms with Crippen LogP contribution < -0.4 is 5.32 Å². The van der Waals surface area contributed by atoms with Crippen LogP contribution in [0.3, 0.4) is 0 Å². The van der Waals surface area contributed by atoms with Crippen molar-refractivity contribution in [2.45, 2.75) is 65.4 Å². The molecule has 0 saturated carbocycles. The maximum absolute atomic E-state index is 12.0. The van der Waals surface area contributed by atoms with Gasteiger partial charge in [0.15, 0.2) is 5.78 Å². The zero-order chi connectivity index (χ0) is 24.6. The third kappa shape index (κ3) is 10.3. The number of ether oxygens (including phenoxy) is 1. The zero-order valence-corrected chi connectivity index (χ0v) is 21.6. The van der Waals surface area contributed by atoms with Gasteiger partial charge in [0, 0.05) is 16.7 Å². The predicted molar refractivity (Wildman–Crippen MR) is 137 cm³/mol. The summed E-state index contributed by atoms with van der Waals surface area (Å²) in [5.41, 5.74) is 6.49. The van der Waals surface area contributed by atoms with Gasteiger partial charge in [-0.3, -0.25) is 4.79 Å². The van der Waals surface area contributed by atoms with E-state index < -0.39 is 25.8 Å². The number of carbonyl (C=O) groups is 2. The van der Waals surface area contributed by atoms with Crippen LogP contribution in [-0.4, -0.2) is 31.6 Å². The smallest absolute Gasteiger partial charge is 0.408 e. The summed E-state index contributed by atoms with van der Waals surface area (Å²) in [7, 11) is -1.39. The second kappa shape index (κ2) is 11.0. The van der Waals surface area contributed by atoms with E-state index >= 15 is 0 Å². The Hall–Kier alpha value is -3.28. The molecule has 0 aliphatic rings. The van der Waals surface area contributed by atoms with E-state index in [1.54, 1.807) is 20.8 Å². The number of carbonyl (C=O) groups excluding carboxylic acids is 2. The van der Waals surface area contributed by atoms with Gasteiger partial charge in [-0.1, -0.05) is 49.5 Å². The molecule has 0 aliphatic heterocycles. The van der Waals surface area contributed by atoms with Crippen molar-refractivity contribution in [3.05, 3.63) is 70.8 Å². The van der Waals surface area contributed by atoms with Crippen molar-refractivity contribution in [3.63, 3.8) is 0 Å². The van der Waals surface area contributed by atoms with Crippen molar-refractivity contribution in [3.8, 4) is 23.3 Å². The Morgan fingerprint density at radius 3 is 1.76 bits per heavy atom. The molecule has 0 aromatic heterocycles. The van der Waals surface area contributed by atoms with Gasteiger partial charge in [0.1, 0.15) is 13.7 Å². The fraction of sp³-hybridized carbons (Fsp3) is 0.357. The van der Waals surface area contributed by atoms with E-state index in [2.05, 4.69) is 48.3 Å². The molecule has 2 aromatic carbocycles. The van der Waals surface area contributed by atoms with Crippen LogP contribution in [0.2, 0.25) is 19.6 Å². The van der Waals surface area contributed by atoms with Crippen molar-refractivity contribution < 1.29 is 14.3 Å². The highest BCUT2D eigenvalue weighted by atomic mass is 28.3. The third-order valence-corrected chi connectivity index (χ3v) is 5.27. The summed E-state index contributed by atoms with van der Waals surface area (Å²) in [6, 6.07) is 15.0. The second-order valence-electron chi connectivity index (χ2n) is 10.0. The zero-order valence-electron chi connectivity index (χ0n) is 20.6. The maximum atomic E-state index is 12.0. The summed E-state index contributed by atoms with van der Waals surface area (Å²) in [6.45, 7) is 13.5. The Morgan fingerprint density at radius 1 is 0.879 bits per heavy atom. The Balaban J connectivity index is 2.02. The fourth-order valence-electron chi connectivity index (χ4n) is 2.75. The number of ketones is 1. The molecule has 2 aromatic rings. The van der Waals surface area contributed by atoms with E-state index in [4.69, 9.17) is 4.74 Å². The quantitative estimate of drug-likeness (QED) is 0.496. The summed E-state index contributed by atoms with van der Waals surface area (Å²) < 4.78 is 5.26. The molecule has 0 heterocycles. The van der Waals surface area contributed by atoms with Gasteiger partial charge >= 0.3 is 6.09 Å². The van der Waals surface area contributed by atoms with Gasteiger partial charge in [-0.2, -0.15) is 0 Å². The van der Waals surface area contributed by atoms with Crippen molar-refractivity contribution >= 4 is 20.0 Å². The number of amides is 1. The number of alkyl carbamates (subject to hydrolysis) is 1. The lowest BCUT2D eigenvalue weighted by atomic mass is 10.0. The van der Waals surface area contributed by atoms with Gasteiger partial charge < -0.3 is 10.1 Å².